The lowest BCUT2D eigenvalue weighted by atomic mass is 10.1. The number of anilines is 1. The molecule has 43 heavy (non-hydrogen) atoms. The Balaban J connectivity index is 1.11. The highest BCUT2D eigenvalue weighted by molar-refractivity contribution is 7.91. The Labute approximate surface area is 256 Å². The van der Waals surface area contributed by atoms with Gasteiger partial charge >= 0.3 is 0 Å². The number of carbonyl (C=O) groups excluding carboxylic acids is 1. The maximum absolute atomic E-state index is 12.7. The molecule has 0 saturated carbocycles. The standard InChI is InChI=1S/C34H31ClN2O5S/c35-27-13-16-30(17-14-27)43(40,41)20-4-6-25-10-18-33(38)32(22-25)37-34(39)19-11-24-5-3-8-29(21-24)42-23-28-15-12-26-7-1-2-9-31(26)36-28/h1-3,5,7-10,12-18,21-22,38H,4,6,11,19-20,23H2,(H,37,39). The number of sulfone groups is 1. The van der Waals surface area contributed by atoms with Gasteiger partial charge in [0.05, 0.1) is 27.5 Å². The summed E-state index contributed by atoms with van der Waals surface area (Å²) in [5, 5.41) is 14.6. The highest BCUT2D eigenvalue weighted by Crippen LogP contribution is 2.26. The average Bonchev–Trinajstić information content (AvgIpc) is 3.01. The molecule has 0 unspecified atom stereocenters. The van der Waals surface area contributed by atoms with Gasteiger partial charge in [-0.3, -0.25) is 4.79 Å². The van der Waals surface area contributed by atoms with Crippen molar-refractivity contribution in [2.75, 3.05) is 11.1 Å². The number of amides is 1. The van der Waals surface area contributed by atoms with E-state index in [1.54, 1.807) is 24.3 Å². The largest absolute Gasteiger partial charge is 0.506 e. The molecule has 0 bridgehead atoms. The maximum Gasteiger partial charge on any atom is 0.224 e. The Morgan fingerprint density at radius 1 is 0.860 bits per heavy atom. The van der Waals surface area contributed by atoms with Crippen molar-refractivity contribution in [3.8, 4) is 11.5 Å². The third-order valence-electron chi connectivity index (χ3n) is 6.97. The predicted molar refractivity (Wildman–Crippen MR) is 169 cm³/mol. The molecule has 4 aromatic carbocycles. The summed E-state index contributed by atoms with van der Waals surface area (Å²) >= 11 is 5.86. The minimum Gasteiger partial charge on any atom is -0.506 e. The molecular weight excluding hydrogens is 584 g/mol. The molecule has 1 amide bonds. The second-order valence-corrected chi connectivity index (χ2v) is 12.8. The van der Waals surface area contributed by atoms with Crippen molar-refractivity contribution in [3.05, 3.63) is 125 Å². The second-order valence-electron chi connectivity index (χ2n) is 10.2. The number of hydrogen-bond acceptors (Lipinski definition) is 6. The molecule has 5 rings (SSSR count). The first kappa shape index (κ1) is 30.1. The van der Waals surface area contributed by atoms with Crippen LogP contribution in [0.5, 0.6) is 11.5 Å². The van der Waals surface area contributed by atoms with E-state index in [0.29, 0.717) is 42.3 Å². The monoisotopic (exact) mass is 614 g/mol. The average molecular weight is 615 g/mol. The number of carbonyl (C=O) groups is 1. The van der Waals surface area contributed by atoms with Gasteiger partial charge in [0.2, 0.25) is 5.91 Å². The van der Waals surface area contributed by atoms with Crippen LogP contribution in [0.15, 0.2) is 108 Å². The third kappa shape index (κ3) is 8.34. The van der Waals surface area contributed by atoms with Crippen LogP contribution < -0.4 is 10.1 Å². The minimum absolute atomic E-state index is 0.0290. The summed E-state index contributed by atoms with van der Waals surface area (Å²) < 4.78 is 31.2. The molecule has 0 saturated heterocycles. The van der Waals surface area contributed by atoms with Crippen LogP contribution >= 0.6 is 11.6 Å². The summed E-state index contributed by atoms with van der Waals surface area (Å²) in [6, 6.07) is 30.5. The fraction of sp³-hybridized carbons (Fsp3) is 0.176. The van der Waals surface area contributed by atoms with Crippen molar-refractivity contribution in [1.82, 2.24) is 4.98 Å². The van der Waals surface area contributed by atoms with Gasteiger partial charge < -0.3 is 15.2 Å². The Bertz CT molecular complexity index is 1840. The van der Waals surface area contributed by atoms with Crippen LogP contribution in [0.4, 0.5) is 5.69 Å². The van der Waals surface area contributed by atoms with E-state index in [-0.39, 0.29) is 28.7 Å². The normalized spacial score (nSPS) is 11.4. The fourth-order valence-corrected chi connectivity index (χ4v) is 6.11. The Morgan fingerprint density at radius 3 is 2.49 bits per heavy atom. The molecule has 0 atom stereocenters. The number of nitrogens with zero attached hydrogens (tertiary/aromatic N) is 1. The number of benzene rings is 4. The summed E-state index contributed by atoms with van der Waals surface area (Å²) in [5.41, 5.74) is 3.79. The molecule has 1 aromatic heterocycles. The first-order chi connectivity index (χ1) is 20.7. The van der Waals surface area contributed by atoms with Crippen LogP contribution in [0.25, 0.3) is 10.9 Å². The van der Waals surface area contributed by atoms with Gasteiger partial charge in [-0.25, -0.2) is 13.4 Å². The molecule has 5 aromatic rings. The van der Waals surface area contributed by atoms with E-state index in [9.17, 15) is 18.3 Å². The number of phenols is 1. The van der Waals surface area contributed by atoms with Crippen molar-refractivity contribution < 1.29 is 23.1 Å². The van der Waals surface area contributed by atoms with Crippen LogP contribution in [0, 0.1) is 0 Å². The lowest BCUT2D eigenvalue weighted by Crippen LogP contribution is -2.13. The number of nitrogens with one attached hydrogen (secondary N) is 1. The summed E-state index contributed by atoms with van der Waals surface area (Å²) in [6.07, 6.45) is 1.55. The summed E-state index contributed by atoms with van der Waals surface area (Å²) in [5.74, 6) is 0.364. The summed E-state index contributed by atoms with van der Waals surface area (Å²) in [4.78, 5) is 17.6. The van der Waals surface area contributed by atoms with E-state index in [2.05, 4.69) is 10.3 Å². The Kier molecular flexibility index (Phi) is 9.59. The number of ether oxygens (including phenoxy) is 1. The molecule has 0 fully saturated rings. The highest BCUT2D eigenvalue weighted by Gasteiger charge is 2.15. The molecular formula is C34H31ClN2O5S. The number of phenolic OH excluding ortho intramolecular Hbond substituents is 1. The minimum atomic E-state index is -3.44. The Hall–Kier alpha value is -4.40. The van der Waals surface area contributed by atoms with Gasteiger partial charge in [0, 0.05) is 16.8 Å². The lowest BCUT2D eigenvalue weighted by Gasteiger charge is -2.11. The molecule has 0 spiro atoms. The zero-order valence-corrected chi connectivity index (χ0v) is 24.9. The third-order valence-corrected chi connectivity index (χ3v) is 9.04. The number of aryl methyl sites for hydroxylation is 2. The molecule has 7 nitrogen and oxygen atoms in total. The highest BCUT2D eigenvalue weighted by atomic mass is 35.5. The van der Waals surface area contributed by atoms with E-state index < -0.39 is 9.84 Å². The van der Waals surface area contributed by atoms with Crippen LogP contribution in [0.1, 0.15) is 29.7 Å². The molecule has 0 radical (unpaired) electrons. The van der Waals surface area contributed by atoms with Gasteiger partial charge in [0.15, 0.2) is 9.84 Å². The second kappa shape index (κ2) is 13.7. The first-order valence-electron chi connectivity index (χ1n) is 13.9. The van der Waals surface area contributed by atoms with Gasteiger partial charge in [-0.05, 0) is 91.1 Å². The number of fused-ring (bicyclic) bond motifs is 1. The molecule has 1 heterocycles. The number of halogens is 1. The SMILES string of the molecule is O=C(CCc1cccc(OCc2ccc3ccccc3n2)c1)Nc1cc(CCCS(=O)(=O)c2ccc(Cl)cc2)ccc1O. The maximum atomic E-state index is 12.7. The van der Waals surface area contributed by atoms with Gasteiger partial charge in [0.25, 0.3) is 0 Å². The number of rotatable bonds is 12. The molecule has 220 valence electrons. The Morgan fingerprint density at radius 2 is 1.65 bits per heavy atom. The smallest absolute Gasteiger partial charge is 0.224 e. The number of aromatic nitrogens is 1. The van der Waals surface area contributed by atoms with Crippen molar-refractivity contribution in [2.24, 2.45) is 0 Å². The molecule has 0 aliphatic carbocycles. The van der Waals surface area contributed by atoms with E-state index in [0.717, 1.165) is 27.7 Å². The molecule has 2 N–H and O–H groups in total. The lowest BCUT2D eigenvalue weighted by molar-refractivity contribution is -0.116. The van der Waals surface area contributed by atoms with Gasteiger partial charge in [-0.2, -0.15) is 0 Å². The van der Waals surface area contributed by atoms with Crippen LogP contribution in [-0.2, 0) is 34.1 Å². The quantitative estimate of drug-likeness (QED) is 0.145. The predicted octanol–water partition coefficient (Wildman–Crippen LogP) is 7.15. The summed E-state index contributed by atoms with van der Waals surface area (Å²) in [7, 11) is -3.44. The van der Waals surface area contributed by atoms with E-state index in [1.165, 1.54) is 18.2 Å². The summed E-state index contributed by atoms with van der Waals surface area (Å²) in [6.45, 7) is 0.331. The number of hydrogen-bond donors (Lipinski definition) is 2. The molecule has 0 aliphatic rings. The van der Waals surface area contributed by atoms with Crippen molar-refractivity contribution in [1.29, 1.82) is 0 Å². The number of aromatic hydroxyl groups is 1. The van der Waals surface area contributed by atoms with Gasteiger partial charge in [-0.15, -0.1) is 0 Å². The first-order valence-corrected chi connectivity index (χ1v) is 15.9. The molecule has 0 aliphatic heterocycles. The van der Waals surface area contributed by atoms with E-state index in [1.807, 2.05) is 60.7 Å². The van der Waals surface area contributed by atoms with Crippen LogP contribution in [0.3, 0.4) is 0 Å². The zero-order valence-electron chi connectivity index (χ0n) is 23.4. The number of para-hydroxylation sites is 1. The zero-order chi connectivity index (χ0) is 30.2. The van der Waals surface area contributed by atoms with E-state index >= 15 is 0 Å². The number of pyridine rings is 1. The van der Waals surface area contributed by atoms with Crippen molar-refractivity contribution in [3.63, 3.8) is 0 Å². The van der Waals surface area contributed by atoms with Crippen LogP contribution in [-0.4, -0.2) is 30.2 Å². The van der Waals surface area contributed by atoms with Gasteiger partial charge in [0.1, 0.15) is 18.1 Å². The van der Waals surface area contributed by atoms with Crippen LogP contribution in [0.2, 0.25) is 5.02 Å². The van der Waals surface area contributed by atoms with Gasteiger partial charge in [-0.1, -0.05) is 54.1 Å². The fourth-order valence-electron chi connectivity index (χ4n) is 4.67. The van der Waals surface area contributed by atoms with Crippen molar-refractivity contribution >= 4 is 43.9 Å². The van der Waals surface area contributed by atoms with Crippen molar-refractivity contribution in [2.45, 2.75) is 37.2 Å². The van der Waals surface area contributed by atoms with E-state index in [4.69, 9.17) is 16.3 Å². The topological polar surface area (TPSA) is 106 Å². The molecule has 9 heteroatoms.